The van der Waals surface area contributed by atoms with E-state index >= 15 is 0 Å². The highest BCUT2D eigenvalue weighted by atomic mass is 28.4. The Morgan fingerprint density at radius 2 is 1.82 bits per heavy atom. The number of fused-ring (bicyclic) bond motifs is 4. The molecule has 1 amide bonds. The normalized spacial score (nSPS) is 16.1. The molecule has 1 aromatic carbocycles. The van der Waals surface area contributed by atoms with Gasteiger partial charge in [0.25, 0.3) is 5.91 Å². The smallest absolute Gasteiger partial charge is 0.251 e. The zero-order valence-electron chi connectivity index (χ0n) is 20.9. The van der Waals surface area contributed by atoms with E-state index in [1.54, 1.807) is 10.7 Å². The Hall–Kier alpha value is -2.75. The van der Waals surface area contributed by atoms with Crippen molar-refractivity contribution >= 4 is 25.7 Å². The maximum Gasteiger partial charge on any atom is 0.251 e. The molecule has 3 aromatic rings. The average Bonchev–Trinajstić information content (AvgIpc) is 3.20. The van der Waals surface area contributed by atoms with E-state index < -0.39 is 8.32 Å². The highest BCUT2D eigenvalue weighted by Gasteiger charge is 2.37. The van der Waals surface area contributed by atoms with E-state index in [0.29, 0.717) is 18.7 Å². The van der Waals surface area contributed by atoms with E-state index in [1.165, 1.54) is 0 Å². The number of nitrogens with one attached hydrogen (secondary N) is 2. The van der Waals surface area contributed by atoms with Crippen LogP contribution in [-0.2, 0) is 4.43 Å². The molecule has 0 spiro atoms. The summed E-state index contributed by atoms with van der Waals surface area (Å²) >= 11 is 0. The number of amides is 1. The summed E-state index contributed by atoms with van der Waals surface area (Å²) in [5, 5.41) is 11.1. The van der Waals surface area contributed by atoms with Crippen molar-refractivity contribution in [3.63, 3.8) is 0 Å². The second kappa shape index (κ2) is 9.85. The molecule has 182 valence electrons. The number of benzene rings is 1. The van der Waals surface area contributed by atoms with E-state index in [4.69, 9.17) is 9.41 Å². The Kier molecular flexibility index (Phi) is 7.06. The maximum atomic E-state index is 12.8. The third-order valence-electron chi connectivity index (χ3n) is 6.93. The van der Waals surface area contributed by atoms with Crippen molar-refractivity contribution in [2.24, 2.45) is 0 Å². The van der Waals surface area contributed by atoms with Gasteiger partial charge in [-0.1, -0.05) is 32.9 Å². The molecule has 4 bridgehead atoms. The average molecular weight is 481 g/mol. The van der Waals surface area contributed by atoms with Gasteiger partial charge in [-0.25, -0.2) is 9.50 Å². The molecule has 2 aromatic heterocycles. The molecule has 9 heteroatoms. The number of hydrogen-bond donors (Lipinski definition) is 2. The van der Waals surface area contributed by atoms with Crippen LogP contribution >= 0.6 is 0 Å². The predicted octanol–water partition coefficient (Wildman–Crippen LogP) is 3.88. The molecule has 8 nitrogen and oxygen atoms in total. The third-order valence-corrected chi connectivity index (χ3v) is 11.5. The first-order valence-electron chi connectivity index (χ1n) is 12.0. The molecule has 3 heterocycles. The number of rotatable bonds is 4. The molecular formula is C25H36N6O2Si. The number of carbonyl (C=O) groups excluding carboxylic acids is 1. The zero-order chi connectivity index (χ0) is 24.3. The van der Waals surface area contributed by atoms with Crippen LogP contribution in [0.2, 0.25) is 18.1 Å². The summed E-state index contributed by atoms with van der Waals surface area (Å²) in [5.41, 5.74) is 3.22. The third kappa shape index (κ3) is 5.48. The van der Waals surface area contributed by atoms with Crippen molar-refractivity contribution in [1.82, 2.24) is 24.8 Å². The van der Waals surface area contributed by atoms with Crippen molar-refractivity contribution in [2.75, 3.05) is 44.6 Å². The van der Waals surface area contributed by atoms with Crippen LogP contribution in [0.25, 0.3) is 16.8 Å². The van der Waals surface area contributed by atoms with Crippen LogP contribution in [0.15, 0.2) is 42.7 Å². The summed E-state index contributed by atoms with van der Waals surface area (Å²) in [6.07, 6.45) is 3.71. The number of anilines is 1. The fraction of sp³-hybridized carbons (Fsp3) is 0.480. The molecule has 0 aliphatic carbocycles. The number of aromatic nitrogens is 3. The van der Waals surface area contributed by atoms with Crippen molar-refractivity contribution < 1.29 is 9.22 Å². The number of nitrogens with zero attached hydrogens (tertiary/aromatic N) is 4. The first-order chi connectivity index (χ1) is 16.1. The lowest BCUT2D eigenvalue weighted by molar-refractivity contribution is 0.0947. The maximum absolute atomic E-state index is 12.8. The van der Waals surface area contributed by atoms with Crippen LogP contribution in [0.4, 0.5) is 5.82 Å². The molecule has 0 fully saturated rings. The van der Waals surface area contributed by atoms with Gasteiger partial charge in [-0.2, -0.15) is 5.10 Å². The van der Waals surface area contributed by atoms with Gasteiger partial charge in [-0.05, 0) is 41.9 Å². The van der Waals surface area contributed by atoms with Crippen molar-refractivity contribution in [3.8, 4) is 11.1 Å². The minimum Gasteiger partial charge on any atom is -0.416 e. The second-order valence-electron chi connectivity index (χ2n) is 10.4. The fourth-order valence-electron chi connectivity index (χ4n) is 3.75. The van der Waals surface area contributed by atoms with E-state index in [9.17, 15) is 4.79 Å². The van der Waals surface area contributed by atoms with Crippen LogP contribution in [0, 0.1) is 0 Å². The molecule has 0 radical (unpaired) electrons. The van der Waals surface area contributed by atoms with Gasteiger partial charge in [-0.3, -0.25) is 9.69 Å². The largest absolute Gasteiger partial charge is 0.416 e. The molecule has 4 rings (SSSR count). The SMILES string of the molecule is CC(C)(C)[Si](C)(C)OCCN1CCNC(=O)c2cccc(c2)-c2cnn3ccc(nc23)NCC1. The molecule has 0 atom stereocenters. The van der Waals surface area contributed by atoms with Crippen LogP contribution < -0.4 is 10.6 Å². The van der Waals surface area contributed by atoms with Gasteiger partial charge in [0.05, 0.1) is 6.20 Å². The quantitative estimate of drug-likeness (QED) is 0.552. The van der Waals surface area contributed by atoms with Crippen molar-refractivity contribution in [2.45, 2.75) is 38.9 Å². The summed E-state index contributed by atoms with van der Waals surface area (Å²) in [6, 6.07) is 9.57. The number of hydrogen-bond acceptors (Lipinski definition) is 6. The van der Waals surface area contributed by atoms with E-state index in [1.807, 2.05) is 36.5 Å². The lowest BCUT2D eigenvalue weighted by atomic mass is 10.1. The Morgan fingerprint density at radius 3 is 2.59 bits per heavy atom. The molecule has 34 heavy (non-hydrogen) atoms. The van der Waals surface area contributed by atoms with Gasteiger partial charge in [-0.15, -0.1) is 0 Å². The molecule has 2 N–H and O–H groups in total. The molecule has 0 saturated heterocycles. The Labute approximate surface area is 202 Å². The fourth-order valence-corrected chi connectivity index (χ4v) is 4.79. The summed E-state index contributed by atoms with van der Waals surface area (Å²) in [5.74, 6) is 0.740. The van der Waals surface area contributed by atoms with Crippen LogP contribution in [-0.4, -0.2) is 73.1 Å². The molecule has 1 aliphatic heterocycles. The standard InChI is InChI=1S/C25H36N6O2Si/c1-25(2,3)34(4,5)33-16-15-30-13-10-26-22-9-12-31-23(29-22)21(18-28-31)19-7-6-8-20(17-19)24(32)27-11-14-30/h6-9,12,17-18H,10-11,13-16H2,1-5H3,(H,26,29)(H,27,32). The van der Waals surface area contributed by atoms with Crippen molar-refractivity contribution in [3.05, 3.63) is 48.3 Å². The summed E-state index contributed by atoms with van der Waals surface area (Å²) in [7, 11) is -1.79. The van der Waals surface area contributed by atoms with Gasteiger partial charge < -0.3 is 15.1 Å². The van der Waals surface area contributed by atoms with Gasteiger partial charge in [0.15, 0.2) is 14.0 Å². The van der Waals surface area contributed by atoms with E-state index in [2.05, 4.69) is 54.5 Å². The number of carbonyl (C=O) groups is 1. The lowest BCUT2D eigenvalue weighted by Gasteiger charge is -2.37. The minimum atomic E-state index is -1.79. The minimum absolute atomic E-state index is 0.0718. The Balaban J connectivity index is 1.53. The highest BCUT2D eigenvalue weighted by Crippen LogP contribution is 2.36. The summed E-state index contributed by atoms with van der Waals surface area (Å²) in [4.78, 5) is 20.0. The van der Waals surface area contributed by atoms with Gasteiger partial charge in [0.1, 0.15) is 5.82 Å². The van der Waals surface area contributed by atoms with E-state index in [0.717, 1.165) is 48.8 Å². The molecule has 1 aliphatic rings. The van der Waals surface area contributed by atoms with Crippen molar-refractivity contribution in [1.29, 1.82) is 0 Å². The zero-order valence-corrected chi connectivity index (χ0v) is 21.9. The molecular weight excluding hydrogens is 444 g/mol. The van der Waals surface area contributed by atoms with Crippen LogP contribution in [0.5, 0.6) is 0 Å². The second-order valence-corrected chi connectivity index (χ2v) is 15.2. The monoisotopic (exact) mass is 480 g/mol. The Morgan fingerprint density at radius 1 is 1.09 bits per heavy atom. The first kappa shape index (κ1) is 24.4. The Bertz CT molecular complexity index is 1150. The first-order valence-corrected chi connectivity index (χ1v) is 14.9. The van der Waals surface area contributed by atoms with Gasteiger partial charge in [0.2, 0.25) is 0 Å². The predicted molar refractivity (Wildman–Crippen MR) is 139 cm³/mol. The lowest BCUT2D eigenvalue weighted by Crippen LogP contribution is -2.44. The molecule has 0 unspecified atom stereocenters. The topological polar surface area (TPSA) is 83.8 Å². The van der Waals surface area contributed by atoms with Gasteiger partial charge in [0, 0.05) is 56.7 Å². The van der Waals surface area contributed by atoms with Gasteiger partial charge >= 0.3 is 0 Å². The summed E-state index contributed by atoms with van der Waals surface area (Å²) < 4.78 is 8.16. The van der Waals surface area contributed by atoms with Crippen LogP contribution in [0.1, 0.15) is 31.1 Å². The van der Waals surface area contributed by atoms with E-state index in [-0.39, 0.29) is 10.9 Å². The molecule has 0 saturated carbocycles. The van der Waals surface area contributed by atoms with Crippen LogP contribution in [0.3, 0.4) is 0 Å². The summed E-state index contributed by atoms with van der Waals surface area (Å²) in [6.45, 7) is 15.7. The highest BCUT2D eigenvalue weighted by molar-refractivity contribution is 6.74.